The molecule has 0 aromatic rings. The van der Waals surface area contributed by atoms with Crippen LogP contribution < -0.4 is 0 Å². The van der Waals surface area contributed by atoms with Crippen LogP contribution in [0.15, 0.2) is 60.8 Å². The Bertz CT molecular complexity index is 1150. The van der Waals surface area contributed by atoms with Crippen LogP contribution in [0.5, 0.6) is 0 Å². The van der Waals surface area contributed by atoms with Crippen molar-refractivity contribution in [2.24, 2.45) is 0 Å². The van der Waals surface area contributed by atoms with Gasteiger partial charge in [-0.05, 0) is 57.8 Å². The number of rotatable bonds is 48. The maximum Gasteiger partial charge on any atom is 0.306 e. The van der Waals surface area contributed by atoms with Crippen LogP contribution in [-0.4, -0.2) is 37.2 Å². The molecule has 0 bridgehead atoms. The van der Waals surface area contributed by atoms with E-state index in [1.165, 1.54) is 141 Å². The molecule has 0 fully saturated rings. The molecule has 1 unspecified atom stereocenters. The summed E-state index contributed by atoms with van der Waals surface area (Å²) < 4.78 is 16.8. The Morgan fingerprint density at radius 3 is 0.968 bits per heavy atom. The maximum atomic E-state index is 12.8. The van der Waals surface area contributed by atoms with Gasteiger partial charge in [-0.2, -0.15) is 0 Å². The second kappa shape index (κ2) is 51.7. The third-order valence-corrected chi connectivity index (χ3v) is 11.5. The lowest BCUT2D eigenvalue weighted by atomic mass is 10.0. The van der Waals surface area contributed by atoms with E-state index in [1.54, 1.807) is 0 Å². The van der Waals surface area contributed by atoms with E-state index < -0.39 is 6.10 Å². The van der Waals surface area contributed by atoms with E-state index in [2.05, 4.69) is 81.5 Å². The molecule has 1 atom stereocenters. The molecule has 0 N–H and O–H groups in total. The highest BCUT2D eigenvalue weighted by Gasteiger charge is 2.19. The first-order valence-corrected chi connectivity index (χ1v) is 26.8. The minimum atomic E-state index is -0.792. The smallest absolute Gasteiger partial charge is 0.306 e. The van der Waals surface area contributed by atoms with Crippen LogP contribution in [0.25, 0.3) is 0 Å². The van der Waals surface area contributed by atoms with Crippen LogP contribution in [-0.2, 0) is 28.6 Å². The van der Waals surface area contributed by atoms with Gasteiger partial charge in [0, 0.05) is 19.3 Å². The fourth-order valence-electron chi connectivity index (χ4n) is 7.54. The Morgan fingerprint density at radius 1 is 0.333 bits per heavy atom. The summed E-state index contributed by atoms with van der Waals surface area (Å²) >= 11 is 0. The maximum absolute atomic E-state index is 12.8. The summed E-state index contributed by atoms with van der Waals surface area (Å²) in [6.07, 6.45) is 63.5. The molecule has 0 aliphatic heterocycles. The Morgan fingerprint density at radius 2 is 0.619 bits per heavy atom. The second-order valence-electron chi connectivity index (χ2n) is 17.8. The molecule has 0 saturated carbocycles. The van der Waals surface area contributed by atoms with Crippen LogP contribution in [0.4, 0.5) is 0 Å². The first kappa shape index (κ1) is 60.1. The van der Waals surface area contributed by atoms with Crippen molar-refractivity contribution in [3.05, 3.63) is 60.8 Å². The molecule has 0 saturated heterocycles. The van der Waals surface area contributed by atoms with E-state index in [4.69, 9.17) is 14.2 Å². The quantitative estimate of drug-likeness (QED) is 0.0262. The van der Waals surface area contributed by atoms with E-state index in [0.717, 1.165) is 77.0 Å². The lowest BCUT2D eigenvalue weighted by molar-refractivity contribution is -0.167. The monoisotopic (exact) mass is 881 g/mol. The number of ether oxygens (including phenoxy) is 3. The van der Waals surface area contributed by atoms with Gasteiger partial charge in [-0.1, -0.05) is 248 Å². The third-order valence-electron chi connectivity index (χ3n) is 11.5. The fourth-order valence-corrected chi connectivity index (χ4v) is 7.54. The molecule has 6 nitrogen and oxygen atoms in total. The van der Waals surface area contributed by atoms with Gasteiger partial charge in [0.25, 0.3) is 0 Å². The molecule has 0 aromatic carbocycles. The Kier molecular flexibility index (Phi) is 49.4. The highest BCUT2D eigenvalue weighted by atomic mass is 16.6. The van der Waals surface area contributed by atoms with Crippen LogP contribution >= 0.6 is 0 Å². The molecule has 6 heteroatoms. The van der Waals surface area contributed by atoms with Crippen LogP contribution in [0.3, 0.4) is 0 Å². The van der Waals surface area contributed by atoms with Crippen molar-refractivity contribution < 1.29 is 28.6 Å². The van der Waals surface area contributed by atoms with Crippen molar-refractivity contribution >= 4 is 17.9 Å². The molecule has 0 aliphatic carbocycles. The molecule has 0 spiro atoms. The summed E-state index contributed by atoms with van der Waals surface area (Å²) in [5, 5.41) is 0. The predicted octanol–water partition coefficient (Wildman–Crippen LogP) is 17.6. The van der Waals surface area contributed by atoms with Gasteiger partial charge in [-0.15, -0.1) is 0 Å². The first-order valence-electron chi connectivity index (χ1n) is 26.8. The number of carbonyl (C=O) groups is 3. The minimum absolute atomic E-state index is 0.0883. The Labute approximate surface area is 390 Å². The van der Waals surface area contributed by atoms with Gasteiger partial charge in [0.1, 0.15) is 13.2 Å². The van der Waals surface area contributed by atoms with Crippen molar-refractivity contribution in [2.45, 2.75) is 271 Å². The van der Waals surface area contributed by atoms with Crippen LogP contribution in [0, 0.1) is 0 Å². The van der Waals surface area contributed by atoms with Crippen molar-refractivity contribution in [3.63, 3.8) is 0 Å². The van der Waals surface area contributed by atoms with E-state index >= 15 is 0 Å². The first-order chi connectivity index (χ1) is 31.0. The molecule has 364 valence electrons. The summed E-state index contributed by atoms with van der Waals surface area (Å²) in [6, 6.07) is 0. The highest BCUT2D eigenvalue weighted by molar-refractivity contribution is 5.71. The molecule has 0 aromatic heterocycles. The lowest BCUT2D eigenvalue weighted by Crippen LogP contribution is -2.30. The zero-order valence-corrected chi connectivity index (χ0v) is 41.6. The molecule has 0 heterocycles. The largest absolute Gasteiger partial charge is 0.462 e. The molecule has 0 rings (SSSR count). The van der Waals surface area contributed by atoms with Gasteiger partial charge < -0.3 is 14.2 Å². The molecule has 0 amide bonds. The zero-order valence-electron chi connectivity index (χ0n) is 41.6. The van der Waals surface area contributed by atoms with Gasteiger partial charge in [-0.3, -0.25) is 14.4 Å². The van der Waals surface area contributed by atoms with E-state index in [0.29, 0.717) is 19.3 Å². The Balaban J connectivity index is 4.42. The van der Waals surface area contributed by atoms with Crippen molar-refractivity contribution in [1.29, 1.82) is 0 Å². The molecule has 0 aliphatic rings. The average molecular weight is 881 g/mol. The molecular formula is C57H100O6. The van der Waals surface area contributed by atoms with Gasteiger partial charge in [0.15, 0.2) is 6.10 Å². The number of hydrogen-bond acceptors (Lipinski definition) is 6. The van der Waals surface area contributed by atoms with Crippen molar-refractivity contribution in [1.82, 2.24) is 0 Å². The highest BCUT2D eigenvalue weighted by Crippen LogP contribution is 2.16. The van der Waals surface area contributed by atoms with E-state index in [9.17, 15) is 14.4 Å². The molecule has 63 heavy (non-hydrogen) atoms. The summed E-state index contributed by atoms with van der Waals surface area (Å²) in [5.74, 6) is -0.941. The second-order valence-corrected chi connectivity index (χ2v) is 17.8. The van der Waals surface area contributed by atoms with Gasteiger partial charge in [-0.25, -0.2) is 0 Å². The van der Waals surface area contributed by atoms with Crippen LogP contribution in [0.1, 0.15) is 265 Å². The number of allylic oxidation sites excluding steroid dienone is 10. The zero-order chi connectivity index (χ0) is 45.8. The summed E-state index contributed by atoms with van der Waals surface area (Å²) in [7, 11) is 0. The average Bonchev–Trinajstić information content (AvgIpc) is 3.28. The number of unbranched alkanes of at least 4 members (excludes halogenated alkanes) is 27. The minimum Gasteiger partial charge on any atom is -0.462 e. The molecular weight excluding hydrogens is 781 g/mol. The topological polar surface area (TPSA) is 78.9 Å². The Hall–Kier alpha value is -2.89. The van der Waals surface area contributed by atoms with Crippen molar-refractivity contribution in [3.8, 4) is 0 Å². The van der Waals surface area contributed by atoms with E-state index in [1.807, 2.05) is 0 Å². The number of esters is 3. The number of carbonyl (C=O) groups excluding carboxylic acids is 3. The summed E-state index contributed by atoms with van der Waals surface area (Å²) in [5.41, 5.74) is 0. The fraction of sp³-hybridized carbons (Fsp3) is 0.772. The van der Waals surface area contributed by atoms with Gasteiger partial charge >= 0.3 is 17.9 Å². The standard InChI is InChI=1S/C57H100O6/c1-4-7-10-13-16-19-22-24-26-28-30-32-35-38-41-44-47-50-56(59)62-53-54(52-61-55(58)49-46-43-40-37-34-21-18-15-12-9-6-3)63-57(60)51-48-45-42-39-36-33-31-29-27-25-23-20-17-14-11-8-5-2/h7,10,16,19,24,26,30,32,38,41,54H,4-6,8-9,11-15,17-18,20-23,25,27-29,31,33-37,39-40,42-53H2,1-3H3/b10-7-,19-16-,26-24-,32-30-,41-38-. The molecule has 0 radical (unpaired) electrons. The van der Waals surface area contributed by atoms with Gasteiger partial charge in [0.05, 0.1) is 0 Å². The van der Waals surface area contributed by atoms with E-state index in [-0.39, 0.29) is 37.5 Å². The third kappa shape index (κ3) is 50.0. The number of hydrogen-bond donors (Lipinski definition) is 0. The summed E-state index contributed by atoms with van der Waals surface area (Å²) in [4.78, 5) is 38.0. The SMILES string of the molecule is CC/C=C\C/C=C\C/C=C\C/C=C\C/C=C\CCCC(=O)OCC(COC(=O)CCCCCCCCCCCCC)OC(=O)CCCCCCCCCCCCCCCCCCC. The van der Waals surface area contributed by atoms with Gasteiger partial charge in [0.2, 0.25) is 0 Å². The van der Waals surface area contributed by atoms with Crippen LogP contribution in [0.2, 0.25) is 0 Å². The normalized spacial score (nSPS) is 12.5. The van der Waals surface area contributed by atoms with Crippen molar-refractivity contribution in [2.75, 3.05) is 13.2 Å². The predicted molar refractivity (Wildman–Crippen MR) is 270 cm³/mol. The lowest BCUT2D eigenvalue weighted by Gasteiger charge is -2.18. The summed E-state index contributed by atoms with van der Waals surface area (Å²) in [6.45, 7) is 6.49.